The van der Waals surface area contributed by atoms with Crippen molar-refractivity contribution in [1.29, 1.82) is 0 Å². The zero-order valence-corrected chi connectivity index (χ0v) is 19.0. The van der Waals surface area contributed by atoms with Crippen molar-refractivity contribution in [3.8, 4) is 5.75 Å². The first-order chi connectivity index (χ1) is 15.2. The van der Waals surface area contributed by atoms with E-state index in [0.29, 0.717) is 29.1 Å². The molecule has 32 heavy (non-hydrogen) atoms. The van der Waals surface area contributed by atoms with Gasteiger partial charge in [0.2, 0.25) is 0 Å². The number of allylic oxidation sites excluding steroid dienone is 1. The molecule has 5 heteroatoms. The summed E-state index contributed by atoms with van der Waals surface area (Å²) in [4.78, 5) is 13.5. The average Bonchev–Trinajstić information content (AvgIpc) is 3.00. The van der Waals surface area contributed by atoms with Crippen molar-refractivity contribution in [3.05, 3.63) is 35.4 Å². The number of ether oxygens (including phenoxy) is 1. The third-order valence-corrected chi connectivity index (χ3v) is 9.72. The van der Waals surface area contributed by atoms with Gasteiger partial charge >= 0.3 is 6.61 Å². The molecule has 0 aromatic heterocycles. The first-order valence-corrected chi connectivity index (χ1v) is 12.2. The number of benzene rings is 1. The fourth-order valence-electron chi connectivity index (χ4n) is 7.98. The van der Waals surface area contributed by atoms with E-state index in [1.807, 2.05) is 6.08 Å². The van der Waals surface area contributed by atoms with Crippen molar-refractivity contribution >= 4 is 11.9 Å². The number of aliphatic hydroxyl groups is 1. The molecule has 3 nitrogen and oxygen atoms in total. The zero-order valence-electron chi connectivity index (χ0n) is 19.0. The van der Waals surface area contributed by atoms with Gasteiger partial charge in [0.25, 0.3) is 0 Å². The number of carbonyl (C=O) groups excluding carboxylic acids is 1. The highest BCUT2D eigenvalue weighted by Crippen LogP contribution is 2.66. The van der Waals surface area contributed by atoms with Crippen molar-refractivity contribution in [3.63, 3.8) is 0 Å². The minimum absolute atomic E-state index is 0.131. The Kier molecular flexibility index (Phi) is 5.47. The molecule has 1 N–H and O–H groups in total. The molecule has 4 aliphatic rings. The van der Waals surface area contributed by atoms with Gasteiger partial charge in [0.05, 0.1) is 6.10 Å². The summed E-state index contributed by atoms with van der Waals surface area (Å²) in [5.74, 6) is 2.61. The van der Waals surface area contributed by atoms with Crippen LogP contribution in [0.3, 0.4) is 0 Å². The lowest BCUT2D eigenvalue weighted by Gasteiger charge is -2.59. The first-order valence-electron chi connectivity index (χ1n) is 12.2. The molecule has 4 aliphatic carbocycles. The lowest BCUT2D eigenvalue weighted by atomic mass is 9.45. The summed E-state index contributed by atoms with van der Waals surface area (Å²) in [6, 6.07) is 6.54. The summed E-state index contributed by atoms with van der Waals surface area (Å²) >= 11 is 0. The quantitative estimate of drug-likeness (QED) is 0.560. The topological polar surface area (TPSA) is 46.5 Å². The van der Waals surface area contributed by atoms with Crippen LogP contribution in [0.4, 0.5) is 8.78 Å². The Morgan fingerprint density at radius 3 is 2.53 bits per heavy atom. The molecule has 0 heterocycles. The lowest BCUT2D eigenvalue weighted by Crippen LogP contribution is -2.54. The van der Waals surface area contributed by atoms with Gasteiger partial charge in [0, 0.05) is 5.41 Å². The van der Waals surface area contributed by atoms with Crippen molar-refractivity contribution in [1.82, 2.24) is 0 Å². The van der Waals surface area contributed by atoms with E-state index in [4.69, 9.17) is 0 Å². The normalized spacial score (nSPS) is 42.5. The number of ketones is 1. The highest BCUT2D eigenvalue weighted by molar-refractivity contribution is 6.05. The van der Waals surface area contributed by atoms with Gasteiger partial charge < -0.3 is 9.84 Å². The number of halogens is 2. The molecule has 174 valence electrons. The maximum Gasteiger partial charge on any atom is 0.387 e. The van der Waals surface area contributed by atoms with Crippen LogP contribution in [0.25, 0.3) is 6.08 Å². The highest BCUT2D eigenvalue weighted by Gasteiger charge is 2.61. The highest BCUT2D eigenvalue weighted by atomic mass is 19.3. The molecule has 0 saturated heterocycles. The number of fused-ring (bicyclic) bond motifs is 5. The molecule has 0 spiro atoms. The lowest BCUT2D eigenvalue weighted by molar-refractivity contribution is -0.141. The Balaban J connectivity index is 1.38. The fourth-order valence-corrected chi connectivity index (χ4v) is 7.98. The van der Waals surface area contributed by atoms with Gasteiger partial charge in [-0.2, -0.15) is 8.78 Å². The Bertz CT molecular complexity index is 910. The van der Waals surface area contributed by atoms with Crippen molar-refractivity contribution in [2.24, 2.45) is 34.5 Å². The van der Waals surface area contributed by atoms with E-state index in [-0.39, 0.29) is 23.1 Å². The molecule has 0 unspecified atom stereocenters. The Morgan fingerprint density at radius 2 is 1.81 bits per heavy atom. The molecule has 0 radical (unpaired) electrons. The fraction of sp³-hybridized carbons (Fsp3) is 0.667. The average molecular weight is 445 g/mol. The van der Waals surface area contributed by atoms with Gasteiger partial charge in [0.1, 0.15) is 5.75 Å². The monoisotopic (exact) mass is 444 g/mol. The van der Waals surface area contributed by atoms with Crippen LogP contribution in [-0.2, 0) is 4.79 Å². The van der Waals surface area contributed by atoms with Crippen LogP contribution in [0.5, 0.6) is 5.75 Å². The van der Waals surface area contributed by atoms with Gasteiger partial charge in [-0.1, -0.05) is 26.0 Å². The summed E-state index contributed by atoms with van der Waals surface area (Å²) in [6.07, 6.45) is 9.97. The molecule has 0 bridgehead atoms. The second kappa shape index (κ2) is 7.93. The minimum atomic E-state index is -2.84. The van der Waals surface area contributed by atoms with E-state index in [2.05, 4.69) is 18.6 Å². The third kappa shape index (κ3) is 3.52. The third-order valence-electron chi connectivity index (χ3n) is 9.72. The van der Waals surface area contributed by atoms with Gasteiger partial charge in [-0.3, -0.25) is 4.79 Å². The Morgan fingerprint density at radius 1 is 1.06 bits per heavy atom. The molecule has 1 aromatic carbocycles. The second-order valence-corrected chi connectivity index (χ2v) is 11.2. The van der Waals surface area contributed by atoms with Crippen LogP contribution in [0.15, 0.2) is 29.8 Å². The Hall–Kier alpha value is -1.75. The van der Waals surface area contributed by atoms with Crippen LogP contribution in [0, 0.1) is 34.5 Å². The predicted molar refractivity (Wildman–Crippen MR) is 119 cm³/mol. The van der Waals surface area contributed by atoms with E-state index >= 15 is 0 Å². The van der Waals surface area contributed by atoms with E-state index in [0.717, 1.165) is 56.1 Å². The number of Topliss-reactive ketones (excluding diaryl/α,β-unsaturated/α-hetero) is 1. The van der Waals surface area contributed by atoms with E-state index < -0.39 is 6.61 Å². The largest absolute Gasteiger partial charge is 0.435 e. The number of hydrogen-bond acceptors (Lipinski definition) is 3. The first kappa shape index (κ1) is 22.1. The van der Waals surface area contributed by atoms with Gasteiger partial charge in [0.15, 0.2) is 5.78 Å². The molecule has 0 amide bonds. The molecule has 1 aromatic rings. The molecule has 0 aliphatic heterocycles. The van der Waals surface area contributed by atoms with Gasteiger partial charge in [-0.05, 0) is 110 Å². The standard InChI is InChI=1S/C27H34F2O3/c1-26-11-9-19(30)15-18(26)5-8-21-22(26)10-12-27(2)23(21)14-17(24(27)31)13-16-3-6-20(7-4-16)32-25(28)29/h3-4,6-7,13,18-19,21-23,25,30H,5,8-12,14-15H2,1-2H3/b17-13+/t18-,19+,21-,22+,23+,26-,27-/m0/s1. The summed E-state index contributed by atoms with van der Waals surface area (Å²) in [5, 5.41) is 10.2. The SMILES string of the molecule is C[C@]12CC[C@@H](O)C[C@@H]1CC[C@H]1[C@H]2CC[C@]2(C)C(=O)/C(=C/c3ccc(OC(F)F)cc3)C[C@H]12. The van der Waals surface area contributed by atoms with Gasteiger partial charge in [-0.15, -0.1) is 0 Å². The molecule has 4 saturated carbocycles. The summed E-state index contributed by atoms with van der Waals surface area (Å²) in [7, 11) is 0. The molecule has 5 rings (SSSR count). The number of rotatable bonds is 3. The van der Waals surface area contributed by atoms with Crippen LogP contribution >= 0.6 is 0 Å². The van der Waals surface area contributed by atoms with Gasteiger partial charge in [-0.25, -0.2) is 0 Å². The molecular formula is C27H34F2O3. The molecular weight excluding hydrogens is 410 g/mol. The van der Waals surface area contributed by atoms with E-state index in [9.17, 15) is 18.7 Å². The maximum atomic E-state index is 13.5. The predicted octanol–water partition coefficient (Wildman–Crippen LogP) is 6.25. The summed E-state index contributed by atoms with van der Waals surface area (Å²) in [5.41, 5.74) is 1.74. The van der Waals surface area contributed by atoms with E-state index in [1.165, 1.54) is 18.6 Å². The summed E-state index contributed by atoms with van der Waals surface area (Å²) < 4.78 is 29.2. The number of alkyl halides is 2. The molecule has 7 atom stereocenters. The number of carbonyl (C=O) groups is 1. The number of hydrogen-bond donors (Lipinski definition) is 1. The van der Waals surface area contributed by atoms with Crippen molar-refractivity contribution < 1.29 is 23.4 Å². The van der Waals surface area contributed by atoms with Crippen molar-refractivity contribution in [2.75, 3.05) is 0 Å². The Labute approximate surface area is 189 Å². The van der Waals surface area contributed by atoms with Crippen LogP contribution in [-0.4, -0.2) is 23.6 Å². The zero-order chi connectivity index (χ0) is 22.7. The smallest absolute Gasteiger partial charge is 0.387 e. The maximum absolute atomic E-state index is 13.5. The minimum Gasteiger partial charge on any atom is -0.435 e. The van der Waals surface area contributed by atoms with Crippen LogP contribution < -0.4 is 4.74 Å². The number of aliphatic hydroxyl groups excluding tert-OH is 1. The van der Waals surface area contributed by atoms with Crippen LogP contribution in [0.2, 0.25) is 0 Å². The van der Waals surface area contributed by atoms with Crippen LogP contribution in [0.1, 0.15) is 70.8 Å². The second-order valence-electron chi connectivity index (χ2n) is 11.2. The molecule has 4 fully saturated rings. The summed E-state index contributed by atoms with van der Waals surface area (Å²) in [6.45, 7) is 1.80. The van der Waals surface area contributed by atoms with Crippen molar-refractivity contribution in [2.45, 2.75) is 77.9 Å². The van der Waals surface area contributed by atoms with E-state index in [1.54, 1.807) is 12.1 Å².